The first kappa shape index (κ1) is 15.3. The average molecular weight is 318 g/mol. The van der Waals surface area contributed by atoms with Crippen molar-refractivity contribution in [3.05, 3.63) is 0 Å². The average Bonchev–Trinajstić information content (AvgIpc) is 3.01. The van der Waals surface area contributed by atoms with E-state index in [2.05, 4.69) is 13.8 Å². The van der Waals surface area contributed by atoms with Gasteiger partial charge in [0.25, 0.3) is 0 Å². The molecule has 4 heteroatoms. The molecule has 0 radical (unpaired) electrons. The molecule has 3 saturated carbocycles. The van der Waals surface area contributed by atoms with E-state index in [9.17, 15) is 14.4 Å². The Morgan fingerprint density at radius 1 is 1.09 bits per heavy atom. The number of fused-ring (bicyclic) bond motifs is 3. The van der Waals surface area contributed by atoms with E-state index < -0.39 is 0 Å². The smallest absolute Gasteiger partial charge is 0.309 e. The van der Waals surface area contributed by atoms with E-state index in [1.165, 1.54) is 0 Å². The second-order valence-corrected chi connectivity index (χ2v) is 8.74. The molecule has 1 aliphatic heterocycles. The highest BCUT2D eigenvalue weighted by molar-refractivity contribution is 5.88. The van der Waals surface area contributed by atoms with Gasteiger partial charge in [-0.3, -0.25) is 9.59 Å². The molecule has 0 unspecified atom stereocenters. The van der Waals surface area contributed by atoms with Gasteiger partial charge in [0.15, 0.2) is 0 Å². The fourth-order valence-corrected chi connectivity index (χ4v) is 6.39. The maximum absolute atomic E-state index is 12.3. The van der Waals surface area contributed by atoms with Crippen LogP contribution in [-0.4, -0.2) is 24.1 Å². The van der Waals surface area contributed by atoms with E-state index in [0.29, 0.717) is 12.2 Å². The first-order valence-corrected chi connectivity index (χ1v) is 9.09. The second-order valence-electron chi connectivity index (χ2n) is 8.74. The van der Waals surface area contributed by atoms with Crippen LogP contribution in [0.2, 0.25) is 0 Å². The lowest BCUT2D eigenvalue weighted by Crippen LogP contribution is -2.51. The third-order valence-electron chi connectivity index (χ3n) is 7.91. The Bertz CT molecular complexity index is 570. The van der Waals surface area contributed by atoms with Gasteiger partial charge in [0.2, 0.25) is 0 Å². The van der Waals surface area contributed by atoms with E-state index in [4.69, 9.17) is 4.74 Å². The van der Waals surface area contributed by atoms with Crippen LogP contribution >= 0.6 is 0 Å². The van der Waals surface area contributed by atoms with Gasteiger partial charge in [-0.05, 0) is 55.8 Å². The Labute approximate surface area is 137 Å². The molecule has 1 heterocycles. The molecule has 126 valence electrons. The summed E-state index contributed by atoms with van der Waals surface area (Å²) >= 11 is 0. The Kier molecular flexibility index (Phi) is 3.27. The van der Waals surface area contributed by atoms with Gasteiger partial charge in [-0.1, -0.05) is 13.8 Å². The van der Waals surface area contributed by atoms with Crippen LogP contribution in [0.4, 0.5) is 0 Å². The molecule has 4 aliphatic rings. The number of ketones is 1. The number of carbonyl (C=O) groups is 3. The largest absolute Gasteiger partial charge is 0.462 e. The van der Waals surface area contributed by atoms with Crippen molar-refractivity contribution in [2.75, 3.05) is 0 Å². The topological polar surface area (TPSA) is 60.4 Å². The quantitative estimate of drug-likeness (QED) is 0.580. The molecule has 0 N–H and O–H groups in total. The van der Waals surface area contributed by atoms with Crippen molar-refractivity contribution in [3.8, 4) is 0 Å². The van der Waals surface area contributed by atoms with E-state index in [1.54, 1.807) is 0 Å². The Morgan fingerprint density at radius 2 is 1.87 bits per heavy atom. The molecule has 4 rings (SSSR count). The van der Waals surface area contributed by atoms with E-state index >= 15 is 0 Å². The number of carbonyl (C=O) groups excluding carboxylic acids is 3. The zero-order chi connectivity index (χ0) is 16.4. The molecule has 0 aromatic rings. The third kappa shape index (κ3) is 1.93. The van der Waals surface area contributed by atoms with Gasteiger partial charge in [-0.2, -0.15) is 0 Å². The highest BCUT2D eigenvalue weighted by Crippen LogP contribution is 2.62. The summed E-state index contributed by atoms with van der Waals surface area (Å²) < 4.78 is 5.48. The maximum atomic E-state index is 12.3. The lowest BCUT2D eigenvalue weighted by atomic mass is 9.50. The number of esters is 1. The highest BCUT2D eigenvalue weighted by Gasteiger charge is 2.61. The summed E-state index contributed by atoms with van der Waals surface area (Å²) in [4.78, 5) is 36.6. The predicted molar refractivity (Wildman–Crippen MR) is 83.4 cm³/mol. The van der Waals surface area contributed by atoms with Gasteiger partial charge in [-0.15, -0.1) is 0 Å². The number of ether oxygens (including phenoxy) is 1. The SMILES string of the molecule is C[C@]1([C@H]2CC[C@]3(C)C(=O)CC[C@H]3[C@@H]2C=O)CC[C@H]2C[C@@H]1C(=O)O2. The molecule has 2 bridgehead atoms. The number of Topliss-reactive ketones (excluding diaryl/α,β-unsaturated/α-hetero) is 1. The maximum Gasteiger partial charge on any atom is 0.309 e. The third-order valence-corrected chi connectivity index (χ3v) is 7.91. The second kappa shape index (κ2) is 4.90. The lowest BCUT2D eigenvalue weighted by Gasteiger charge is -2.52. The van der Waals surface area contributed by atoms with E-state index in [-0.39, 0.29) is 46.6 Å². The molecule has 0 aromatic heterocycles. The normalized spacial score (nSPS) is 52.2. The standard InChI is InChI=1S/C19H26O4/c1-18(7-5-11-9-15(18)17(22)23-11)14-6-8-19(2)13(12(14)10-20)3-4-16(19)21/h10-15H,3-9H2,1-2H3/t11-,12-,13-,14-,15+,18+,19-/m0/s1. The fourth-order valence-electron chi connectivity index (χ4n) is 6.39. The van der Waals surface area contributed by atoms with Crippen LogP contribution in [-0.2, 0) is 19.1 Å². The summed E-state index contributed by atoms with van der Waals surface area (Å²) in [6.45, 7) is 4.25. The highest BCUT2D eigenvalue weighted by atomic mass is 16.6. The van der Waals surface area contributed by atoms with Gasteiger partial charge >= 0.3 is 5.97 Å². The van der Waals surface area contributed by atoms with Crippen LogP contribution in [0.5, 0.6) is 0 Å². The first-order valence-electron chi connectivity index (χ1n) is 9.09. The van der Waals surface area contributed by atoms with E-state index in [1.807, 2.05) is 0 Å². The number of aldehydes is 1. The number of hydrogen-bond donors (Lipinski definition) is 0. The van der Waals surface area contributed by atoms with E-state index in [0.717, 1.165) is 44.8 Å². The molecule has 0 amide bonds. The fraction of sp³-hybridized carbons (Fsp3) is 0.842. The number of rotatable bonds is 2. The van der Waals surface area contributed by atoms with Crippen molar-refractivity contribution in [2.45, 2.75) is 64.9 Å². The molecular formula is C19H26O4. The molecule has 7 atom stereocenters. The first-order chi connectivity index (χ1) is 10.9. The number of hydrogen-bond acceptors (Lipinski definition) is 4. The van der Waals surface area contributed by atoms with Crippen molar-refractivity contribution in [2.24, 2.45) is 34.5 Å². The Morgan fingerprint density at radius 3 is 2.61 bits per heavy atom. The summed E-state index contributed by atoms with van der Waals surface area (Å²) in [5.74, 6) is 0.501. The summed E-state index contributed by atoms with van der Waals surface area (Å²) in [5.41, 5.74) is -0.464. The van der Waals surface area contributed by atoms with Gasteiger partial charge in [0.1, 0.15) is 18.2 Å². The van der Waals surface area contributed by atoms with Gasteiger partial charge in [-0.25, -0.2) is 0 Å². The van der Waals surface area contributed by atoms with Crippen LogP contribution in [0, 0.1) is 34.5 Å². The minimum Gasteiger partial charge on any atom is -0.462 e. The van der Waals surface area contributed by atoms with Gasteiger partial charge < -0.3 is 9.53 Å². The molecule has 0 aromatic carbocycles. The van der Waals surface area contributed by atoms with Crippen molar-refractivity contribution in [1.29, 1.82) is 0 Å². The molecule has 4 fully saturated rings. The minimum absolute atomic E-state index is 0.0597. The summed E-state index contributed by atoms with van der Waals surface area (Å²) in [7, 11) is 0. The van der Waals surface area contributed by atoms with Crippen LogP contribution in [0.1, 0.15) is 58.8 Å². The monoisotopic (exact) mass is 318 g/mol. The molecule has 23 heavy (non-hydrogen) atoms. The zero-order valence-electron chi connectivity index (χ0n) is 14.0. The van der Waals surface area contributed by atoms with Crippen LogP contribution in [0.15, 0.2) is 0 Å². The van der Waals surface area contributed by atoms with Crippen LogP contribution < -0.4 is 0 Å². The molecule has 3 aliphatic carbocycles. The molecule has 0 spiro atoms. The zero-order valence-corrected chi connectivity index (χ0v) is 14.0. The molecule has 1 saturated heterocycles. The van der Waals surface area contributed by atoms with Gasteiger partial charge in [0, 0.05) is 17.8 Å². The van der Waals surface area contributed by atoms with Crippen LogP contribution in [0.25, 0.3) is 0 Å². The van der Waals surface area contributed by atoms with Gasteiger partial charge in [0.05, 0.1) is 5.92 Å². The Balaban J connectivity index is 1.68. The molecular weight excluding hydrogens is 292 g/mol. The molecule has 4 nitrogen and oxygen atoms in total. The van der Waals surface area contributed by atoms with Crippen molar-refractivity contribution < 1.29 is 19.1 Å². The lowest BCUT2D eigenvalue weighted by molar-refractivity contribution is -0.150. The van der Waals surface area contributed by atoms with Crippen molar-refractivity contribution >= 4 is 18.0 Å². The summed E-state index contributed by atoms with van der Waals surface area (Å²) in [5, 5.41) is 0. The minimum atomic E-state index is -0.314. The van der Waals surface area contributed by atoms with Crippen molar-refractivity contribution in [3.63, 3.8) is 0 Å². The summed E-state index contributed by atoms with van der Waals surface area (Å²) in [6, 6.07) is 0. The Hall–Kier alpha value is -1.19. The summed E-state index contributed by atoms with van der Waals surface area (Å²) in [6.07, 6.45) is 7.09. The predicted octanol–water partition coefficient (Wildman–Crippen LogP) is 2.93. The van der Waals surface area contributed by atoms with Crippen LogP contribution in [0.3, 0.4) is 0 Å². The van der Waals surface area contributed by atoms with Crippen molar-refractivity contribution in [1.82, 2.24) is 0 Å².